The Bertz CT molecular complexity index is 405. The number of rotatable bonds is 4. The molecule has 0 radical (unpaired) electrons. The van der Waals surface area contributed by atoms with Crippen LogP contribution in [0, 0.1) is 5.92 Å². The van der Waals surface area contributed by atoms with Crippen molar-refractivity contribution in [3.8, 4) is 0 Å². The minimum Gasteiger partial charge on any atom is -0.384 e. The zero-order valence-electron chi connectivity index (χ0n) is 10.8. The topological polar surface area (TPSA) is 54.5 Å². The van der Waals surface area contributed by atoms with E-state index in [1.807, 2.05) is 6.07 Å². The van der Waals surface area contributed by atoms with Crippen LogP contribution < -0.4 is 10.2 Å². The quantitative estimate of drug-likeness (QED) is 0.862. The van der Waals surface area contributed by atoms with Crippen LogP contribution in [0.25, 0.3) is 0 Å². The molecule has 1 amide bonds. The zero-order valence-corrected chi connectivity index (χ0v) is 10.8. The van der Waals surface area contributed by atoms with Crippen LogP contribution in [0.4, 0.5) is 5.69 Å². The minimum atomic E-state index is -0.153. The average molecular weight is 249 g/mol. The van der Waals surface area contributed by atoms with E-state index in [1.165, 1.54) is 0 Å². The van der Waals surface area contributed by atoms with Crippen molar-refractivity contribution in [1.82, 2.24) is 10.3 Å². The van der Waals surface area contributed by atoms with Crippen LogP contribution in [0.2, 0.25) is 0 Å². The standard InChI is InChI=1S/C13H19N3O2/c1-14-13(17)12-4-3-11(7-15-12)16-6-5-10(8-16)9-18-2/h3-4,7,10H,5-6,8-9H2,1-2H3,(H,14,17)/t10-/m0/s1. The fraction of sp³-hybridized carbons (Fsp3) is 0.538. The Morgan fingerprint density at radius 1 is 1.61 bits per heavy atom. The first-order chi connectivity index (χ1) is 8.74. The van der Waals surface area contributed by atoms with Gasteiger partial charge in [-0.1, -0.05) is 0 Å². The Morgan fingerprint density at radius 3 is 3.06 bits per heavy atom. The number of hydrogen-bond acceptors (Lipinski definition) is 4. The zero-order chi connectivity index (χ0) is 13.0. The highest BCUT2D eigenvalue weighted by Crippen LogP contribution is 2.23. The summed E-state index contributed by atoms with van der Waals surface area (Å²) in [6.45, 7) is 2.82. The lowest BCUT2D eigenvalue weighted by Gasteiger charge is -2.18. The van der Waals surface area contributed by atoms with Gasteiger partial charge in [0, 0.05) is 33.2 Å². The van der Waals surface area contributed by atoms with Gasteiger partial charge in [0.2, 0.25) is 0 Å². The Morgan fingerprint density at radius 2 is 2.44 bits per heavy atom. The molecule has 0 unspecified atom stereocenters. The highest BCUT2D eigenvalue weighted by Gasteiger charge is 2.22. The largest absolute Gasteiger partial charge is 0.384 e. The lowest BCUT2D eigenvalue weighted by Crippen LogP contribution is -2.22. The molecule has 18 heavy (non-hydrogen) atoms. The number of ether oxygens (including phenoxy) is 1. The van der Waals surface area contributed by atoms with E-state index in [-0.39, 0.29) is 5.91 Å². The first-order valence-corrected chi connectivity index (χ1v) is 6.16. The van der Waals surface area contributed by atoms with E-state index in [9.17, 15) is 4.79 Å². The number of aromatic nitrogens is 1. The molecule has 0 spiro atoms. The van der Waals surface area contributed by atoms with E-state index in [2.05, 4.69) is 15.2 Å². The number of methoxy groups -OCH3 is 1. The van der Waals surface area contributed by atoms with Gasteiger partial charge >= 0.3 is 0 Å². The van der Waals surface area contributed by atoms with Crippen LogP contribution >= 0.6 is 0 Å². The number of anilines is 1. The second-order valence-electron chi connectivity index (χ2n) is 4.54. The van der Waals surface area contributed by atoms with E-state index >= 15 is 0 Å². The molecule has 5 heteroatoms. The molecule has 1 N–H and O–H groups in total. The van der Waals surface area contributed by atoms with E-state index in [0.717, 1.165) is 31.8 Å². The van der Waals surface area contributed by atoms with Crippen LogP contribution in [0.1, 0.15) is 16.9 Å². The SMILES string of the molecule is CNC(=O)c1ccc(N2CC[C@H](COC)C2)cn1. The predicted molar refractivity (Wildman–Crippen MR) is 69.8 cm³/mol. The highest BCUT2D eigenvalue weighted by atomic mass is 16.5. The van der Waals surface area contributed by atoms with Gasteiger partial charge in [-0.3, -0.25) is 4.79 Å². The van der Waals surface area contributed by atoms with Crippen LogP contribution in [-0.2, 0) is 4.74 Å². The molecular weight excluding hydrogens is 230 g/mol. The monoisotopic (exact) mass is 249 g/mol. The maximum Gasteiger partial charge on any atom is 0.269 e. The molecule has 0 saturated carbocycles. The molecule has 0 aromatic carbocycles. The molecule has 5 nitrogen and oxygen atoms in total. The summed E-state index contributed by atoms with van der Waals surface area (Å²) in [7, 11) is 3.34. The van der Waals surface area contributed by atoms with Gasteiger partial charge in [-0.15, -0.1) is 0 Å². The predicted octanol–water partition coefficient (Wildman–Crippen LogP) is 0.914. The van der Waals surface area contributed by atoms with Gasteiger partial charge in [0.15, 0.2) is 0 Å². The maximum absolute atomic E-state index is 11.4. The van der Waals surface area contributed by atoms with Crippen LogP contribution in [0.15, 0.2) is 18.3 Å². The number of hydrogen-bond donors (Lipinski definition) is 1. The molecule has 1 fully saturated rings. The van der Waals surface area contributed by atoms with E-state index in [4.69, 9.17) is 4.74 Å². The summed E-state index contributed by atoms with van der Waals surface area (Å²) in [5.41, 5.74) is 1.52. The van der Waals surface area contributed by atoms with Crippen molar-refractivity contribution >= 4 is 11.6 Å². The molecule has 1 aliphatic heterocycles. The van der Waals surface area contributed by atoms with Crippen LogP contribution in [-0.4, -0.2) is 44.7 Å². The average Bonchev–Trinajstić information content (AvgIpc) is 2.87. The van der Waals surface area contributed by atoms with Crippen molar-refractivity contribution in [2.24, 2.45) is 5.92 Å². The highest BCUT2D eigenvalue weighted by molar-refractivity contribution is 5.92. The van der Waals surface area contributed by atoms with Crippen molar-refractivity contribution in [2.75, 3.05) is 38.8 Å². The lowest BCUT2D eigenvalue weighted by atomic mass is 10.1. The lowest BCUT2D eigenvalue weighted by molar-refractivity contribution is 0.0958. The van der Waals surface area contributed by atoms with Gasteiger partial charge < -0.3 is 15.0 Å². The van der Waals surface area contributed by atoms with Crippen molar-refractivity contribution in [3.63, 3.8) is 0 Å². The normalized spacial score (nSPS) is 19.0. The minimum absolute atomic E-state index is 0.153. The first kappa shape index (κ1) is 12.8. The number of nitrogens with zero attached hydrogens (tertiary/aromatic N) is 2. The maximum atomic E-state index is 11.4. The summed E-state index contributed by atoms with van der Waals surface area (Å²) in [4.78, 5) is 17.8. The molecule has 2 heterocycles. The van der Waals surface area contributed by atoms with Crippen LogP contribution in [0.3, 0.4) is 0 Å². The smallest absolute Gasteiger partial charge is 0.269 e. The Kier molecular flexibility index (Phi) is 4.15. The molecule has 1 saturated heterocycles. The third-order valence-electron chi connectivity index (χ3n) is 3.26. The van der Waals surface area contributed by atoms with Crippen molar-refractivity contribution < 1.29 is 9.53 Å². The number of nitrogens with one attached hydrogen (secondary N) is 1. The second-order valence-corrected chi connectivity index (χ2v) is 4.54. The first-order valence-electron chi connectivity index (χ1n) is 6.16. The van der Waals surface area contributed by atoms with Gasteiger partial charge in [0.05, 0.1) is 18.5 Å². The summed E-state index contributed by atoms with van der Waals surface area (Å²) in [5, 5.41) is 2.56. The second kappa shape index (κ2) is 5.82. The van der Waals surface area contributed by atoms with Crippen molar-refractivity contribution in [1.29, 1.82) is 0 Å². The Labute approximate surface area is 107 Å². The summed E-state index contributed by atoms with van der Waals surface area (Å²) in [6.07, 6.45) is 2.91. The Hall–Kier alpha value is -1.62. The number of amides is 1. The van der Waals surface area contributed by atoms with E-state index < -0.39 is 0 Å². The van der Waals surface area contributed by atoms with Gasteiger partial charge in [0.25, 0.3) is 5.91 Å². The fourth-order valence-electron chi connectivity index (χ4n) is 2.27. The summed E-state index contributed by atoms with van der Waals surface area (Å²) in [6, 6.07) is 3.71. The fourth-order valence-corrected chi connectivity index (χ4v) is 2.27. The van der Waals surface area contributed by atoms with Gasteiger partial charge in [-0.05, 0) is 18.6 Å². The molecular formula is C13H19N3O2. The molecule has 0 bridgehead atoms. The Balaban J connectivity index is 2.00. The number of carbonyl (C=O) groups is 1. The molecule has 0 aliphatic carbocycles. The third-order valence-corrected chi connectivity index (χ3v) is 3.26. The third kappa shape index (κ3) is 2.79. The molecule has 2 rings (SSSR count). The summed E-state index contributed by atoms with van der Waals surface area (Å²) < 4.78 is 5.18. The summed E-state index contributed by atoms with van der Waals surface area (Å²) in [5.74, 6) is 0.439. The molecule has 98 valence electrons. The van der Waals surface area contributed by atoms with Gasteiger partial charge in [0.1, 0.15) is 5.69 Å². The van der Waals surface area contributed by atoms with E-state index in [0.29, 0.717) is 11.6 Å². The van der Waals surface area contributed by atoms with Crippen LogP contribution in [0.5, 0.6) is 0 Å². The van der Waals surface area contributed by atoms with Crippen molar-refractivity contribution in [3.05, 3.63) is 24.0 Å². The van der Waals surface area contributed by atoms with Crippen molar-refractivity contribution in [2.45, 2.75) is 6.42 Å². The molecule has 1 aromatic rings. The van der Waals surface area contributed by atoms with Gasteiger partial charge in [-0.2, -0.15) is 0 Å². The molecule has 1 atom stereocenters. The van der Waals surface area contributed by atoms with Gasteiger partial charge in [-0.25, -0.2) is 4.98 Å². The van der Waals surface area contributed by atoms with E-state index in [1.54, 1.807) is 26.4 Å². The molecule has 1 aromatic heterocycles. The summed E-state index contributed by atoms with van der Waals surface area (Å²) >= 11 is 0. The number of pyridine rings is 1. The molecule has 1 aliphatic rings. The number of carbonyl (C=O) groups excluding carboxylic acids is 1.